The van der Waals surface area contributed by atoms with Crippen LogP contribution in [0, 0.1) is 0 Å². The van der Waals surface area contributed by atoms with Gasteiger partial charge in [-0.15, -0.1) is 13.2 Å². The summed E-state index contributed by atoms with van der Waals surface area (Å²) in [5.74, 6) is -0.815. The van der Waals surface area contributed by atoms with Gasteiger partial charge in [0.25, 0.3) is 11.8 Å². The van der Waals surface area contributed by atoms with Crippen molar-refractivity contribution in [2.45, 2.75) is 13.3 Å². The van der Waals surface area contributed by atoms with E-state index in [-0.39, 0.29) is 23.5 Å². The van der Waals surface area contributed by atoms with Gasteiger partial charge in [-0.05, 0) is 36.8 Å². The molecule has 0 unspecified atom stereocenters. The molecule has 0 fully saturated rings. The van der Waals surface area contributed by atoms with E-state index in [1.807, 2.05) is 0 Å². The Morgan fingerprint density at radius 3 is 2.29 bits per heavy atom. The predicted octanol–water partition coefficient (Wildman–Crippen LogP) is 3.81. The zero-order valence-electron chi connectivity index (χ0n) is 16.9. The highest BCUT2D eigenvalue weighted by atomic mass is 19.4. The Labute approximate surface area is 176 Å². The van der Waals surface area contributed by atoms with Gasteiger partial charge < -0.3 is 19.5 Å². The molecule has 31 heavy (non-hydrogen) atoms. The lowest BCUT2D eigenvalue weighted by Gasteiger charge is -2.13. The molecule has 0 bridgehead atoms. The van der Waals surface area contributed by atoms with Crippen molar-refractivity contribution in [2.75, 3.05) is 26.1 Å². The van der Waals surface area contributed by atoms with Crippen LogP contribution >= 0.6 is 0 Å². The Kier molecular flexibility index (Phi) is 6.09. The Hall–Kier alpha value is -3.69. The largest absolute Gasteiger partial charge is 0.573 e. The minimum Gasteiger partial charge on any atom is -0.493 e. The van der Waals surface area contributed by atoms with Crippen LogP contribution in [0.4, 0.5) is 18.9 Å². The van der Waals surface area contributed by atoms with Gasteiger partial charge in [-0.2, -0.15) is 0 Å². The molecule has 1 aliphatic heterocycles. The quantitative estimate of drug-likeness (QED) is 0.666. The van der Waals surface area contributed by atoms with E-state index in [9.17, 15) is 22.8 Å². The minimum absolute atomic E-state index is 0.0648. The van der Waals surface area contributed by atoms with Crippen molar-refractivity contribution in [2.24, 2.45) is 0 Å². The minimum atomic E-state index is -4.86. The number of halogens is 3. The number of nitrogens with zero attached hydrogens (tertiary/aromatic N) is 1. The third-order valence-corrected chi connectivity index (χ3v) is 4.49. The lowest BCUT2D eigenvalue weighted by Crippen LogP contribution is -2.32. The number of nitrogens with one attached hydrogen (secondary N) is 1. The summed E-state index contributed by atoms with van der Waals surface area (Å²) >= 11 is 0. The van der Waals surface area contributed by atoms with Crippen LogP contribution in [0.5, 0.6) is 17.2 Å². The van der Waals surface area contributed by atoms with E-state index in [2.05, 4.69) is 10.1 Å². The van der Waals surface area contributed by atoms with Gasteiger partial charge in [0, 0.05) is 18.3 Å². The van der Waals surface area contributed by atoms with Gasteiger partial charge in [-0.25, -0.2) is 0 Å². The normalized spacial score (nSPS) is 14.2. The molecule has 1 heterocycles. The second-order valence-corrected chi connectivity index (χ2v) is 6.37. The average molecular weight is 436 g/mol. The number of anilines is 1. The highest BCUT2D eigenvalue weighted by molar-refractivity contribution is 6.36. The summed E-state index contributed by atoms with van der Waals surface area (Å²) < 4.78 is 52.0. The number of likely N-dealkylation sites (N-methyl/N-ethyl adjacent to an activating group) is 1. The van der Waals surface area contributed by atoms with Gasteiger partial charge >= 0.3 is 6.36 Å². The SMILES string of the molecule is CCN1C(=O)C(Nc2cccc(OC(F)(F)F)c2)=C(c2ccc(OC)c(OC)c2)C1=O. The molecular weight excluding hydrogens is 417 g/mol. The Balaban J connectivity index is 2.06. The first-order valence-electron chi connectivity index (χ1n) is 9.14. The second-order valence-electron chi connectivity index (χ2n) is 6.37. The maximum atomic E-state index is 12.9. The molecule has 0 saturated carbocycles. The molecule has 10 heteroatoms. The van der Waals surface area contributed by atoms with Gasteiger partial charge in [0.1, 0.15) is 11.4 Å². The van der Waals surface area contributed by atoms with Crippen molar-refractivity contribution in [1.82, 2.24) is 4.90 Å². The zero-order valence-corrected chi connectivity index (χ0v) is 16.9. The van der Waals surface area contributed by atoms with Crippen LogP contribution in [0.3, 0.4) is 0 Å². The van der Waals surface area contributed by atoms with E-state index in [1.54, 1.807) is 25.1 Å². The van der Waals surface area contributed by atoms with Gasteiger partial charge in [0.15, 0.2) is 11.5 Å². The summed E-state index contributed by atoms with van der Waals surface area (Å²) in [6.45, 7) is 1.76. The number of rotatable bonds is 7. The van der Waals surface area contributed by atoms with E-state index in [4.69, 9.17) is 9.47 Å². The molecule has 0 radical (unpaired) electrons. The van der Waals surface area contributed by atoms with Gasteiger partial charge in [0.2, 0.25) is 0 Å². The molecule has 1 aliphatic rings. The average Bonchev–Trinajstić information content (AvgIpc) is 2.95. The van der Waals surface area contributed by atoms with Crippen LogP contribution < -0.4 is 19.5 Å². The van der Waals surface area contributed by atoms with Gasteiger partial charge in [-0.3, -0.25) is 14.5 Å². The maximum absolute atomic E-state index is 12.9. The Morgan fingerprint density at radius 1 is 0.968 bits per heavy atom. The summed E-state index contributed by atoms with van der Waals surface area (Å²) in [4.78, 5) is 26.8. The second kappa shape index (κ2) is 8.58. The monoisotopic (exact) mass is 436 g/mol. The van der Waals surface area contributed by atoms with E-state index >= 15 is 0 Å². The summed E-state index contributed by atoms with van der Waals surface area (Å²) in [7, 11) is 2.89. The number of benzene rings is 2. The maximum Gasteiger partial charge on any atom is 0.573 e. The van der Waals surface area contributed by atoms with Crippen LogP contribution in [0.25, 0.3) is 5.57 Å². The zero-order chi connectivity index (χ0) is 22.8. The van der Waals surface area contributed by atoms with Crippen LogP contribution in [0.2, 0.25) is 0 Å². The summed E-state index contributed by atoms with van der Waals surface area (Å²) in [6.07, 6.45) is -4.86. The first-order valence-corrected chi connectivity index (χ1v) is 9.14. The number of amides is 2. The van der Waals surface area contributed by atoms with Crippen LogP contribution in [-0.4, -0.2) is 43.8 Å². The Morgan fingerprint density at radius 2 is 1.68 bits per heavy atom. The third-order valence-electron chi connectivity index (χ3n) is 4.49. The number of carbonyl (C=O) groups excluding carboxylic acids is 2. The lowest BCUT2D eigenvalue weighted by molar-refractivity contribution is -0.274. The molecule has 0 aliphatic carbocycles. The van der Waals surface area contributed by atoms with E-state index in [0.717, 1.165) is 17.0 Å². The third kappa shape index (κ3) is 4.57. The molecule has 3 rings (SSSR count). The number of methoxy groups -OCH3 is 2. The Bertz CT molecular complexity index is 1050. The van der Waals surface area contributed by atoms with Crippen molar-refractivity contribution in [1.29, 1.82) is 0 Å². The molecule has 0 spiro atoms. The van der Waals surface area contributed by atoms with Crippen molar-refractivity contribution >= 4 is 23.1 Å². The number of carbonyl (C=O) groups is 2. The lowest BCUT2D eigenvalue weighted by atomic mass is 10.0. The molecule has 2 aromatic carbocycles. The van der Waals surface area contributed by atoms with Crippen molar-refractivity contribution in [3.05, 3.63) is 53.7 Å². The van der Waals surface area contributed by atoms with Crippen molar-refractivity contribution < 1.29 is 37.0 Å². The van der Waals surface area contributed by atoms with Crippen molar-refractivity contribution in [3.8, 4) is 17.2 Å². The number of hydrogen-bond acceptors (Lipinski definition) is 6. The predicted molar refractivity (Wildman–Crippen MR) is 106 cm³/mol. The summed E-state index contributed by atoms with van der Waals surface area (Å²) in [5, 5.41) is 2.77. The number of imide groups is 1. The van der Waals surface area contributed by atoms with Gasteiger partial charge in [0.05, 0.1) is 19.8 Å². The van der Waals surface area contributed by atoms with E-state index < -0.39 is 23.9 Å². The summed E-state index contributed by atoms with van der Waals surface area (Å²) in [6, 6.07) is 9.72. The topological polar surface area (TPSA) is 77.1 Å². The number of hydrogen-bond donors (Lipinski definition) is 1. The molecule has 164 valence electrons. The molecular formula is C21H19F3N2O5. The molecule has 1 N–H and O–H groups in total. The fraction of sp³-hybridized carbons (Fsp3) is 0.238. The highest BCUT2D eigenvalue weighted by Gasteiger charge is 2.38. The van der Waals surface area contributed by atoms with Gasteiger partial charge in [-0.1, -0.05) is 12.1 Å². The molecule has 0 saturated heterocycles. The number of ether oxygens (including phenoxy) is 3. The molecule has 7 nitrogen and oxygen atoms in total. The molecule has 2 aromatic rings. The van der Waals surface area contributed by atoms with Crippen LogP contribution in [0.15, 0.2) is 48.2 Å². The molecule has 0 atom stereocenters. The molecule has 0 aromatic heterocycles. The van der Waals surface area contributed by atoms with Crippen molar-refractivity contribution in [3.63, 3.8) is 0 Å². The standard InChI is InChI=1S/C21H19F3N2O5/c1-4-26-19(27)17(12-8-9-15(29-2)16(10-12)30-3)18(20(26)28)25-13-6-5-7-14(11-13)31-21(22,23)24/h5-11,25H,4H2,1-3H3. The summed E-state index contributed by atoms with van der Waals surface area (Å²) in [5.41, 5.74) is 0.532. The molecule has 2 amide bonds. The van der Waals surface area contributed by atoms with E-state index in [0.29, 0.717) is 17.1 Å². The highest BCUT2D eigenvalue weighted by Crippen LogP contribution is 2.36. The smallest absolute Gasteiger partial charge is 0.493 e. The van der Waals surface area contributed by atoms with E-state index in [1.165, 1.54) is 26.4 Å². The van der Waals surface area contributed by atoms with Crippen LogP contribution in [0.1, 0.15) is 12.5 Å². The fourth-order valence-electron chi connectivity index (χ4n) is 3.15. The fourth-order valence-corrected chi connectivity index (χ4v) is 3.15. The number of alkyl halides is 3. The van der Waals surface area contributed by atoms with Crippen LogP contribution in [-0.2, 0) is 9.59 Å². The first-order chi connectivity index (χ1) is 14.7. The first kappa shape index (κ1) is 22.0.